The fourth-order valence-corrected chi connectivity index (χ4v) is 6.33. The van der Waals surface area contributed by atoms with Gasteiger partial charge >= 0.3 is 5.97 Å². The van der Waals surface area contributed by atoms with Crippen molar-refractivity contribution in [1.29, 1.82) is 0 Å². The Bertz CT molecular complexity index is 1910. The average Bonchev–Trinajstić information content (AvgIpc) is 3.61. The molecule has 7 rings (SSSR count). The van der Waals surface area contributed by atoms with Gasteiger partial charge < -0.3 is 14.4 Å². The third-order valence-corrected chi connectivity index (χ3v) is 8.77. The van der Waals surface area contributed by atoms with Gasteiger partial charge in [-0.05, 0) is 61.2 Å². The summed E-state index contributed by atoms with van der Waals surface area (Å²) in [6.45, 7) is 5.17. The van der Waals surface area contributed by atoms with Crippen LogP contribution in [0.3, 0.4) is 0 Å². The van der Waals surface area contributed by atoms with Crippen molar-refractivity contribution in [1.82, 2.24) is 29.7 Å². The first-order valence-corrected chi connectivity index (χ1v) is 15.8. The van der Waals surface area contributed by atoms with Gasteiger partial charge in [-0.1, -0.05) is 54.6 Å². The van der Waals surface area contributed by atoms with Crippen LogP contribution in [0.5, 0.6) is 5.75 Å². The van der Waals surface area contributed by atoms with Crippen molar-refractivity contribution in [3.05, 3.63) is 113 Å². The van der Waals surface area contributed by atoms with Gasteiger partial charge in [-0.15, -0.1) is 5.10 Å². The smallest absolute Gasteiger partial charge is 0.341 e. The molecule has 0 saturated heterocycles. The van der Waals surface area contributed by atoms with E-state index in [0.29, 0.717) is 24.2 Å². The van der Waals surface area contributed by atoms with Crippen molar-refractivity contribution >= 4 is 11.9 Å². The SMILES string of the molecule is CCOC(=O)c1cnn(-c2cccc(-c3cccc(C(=O)N4Cc5ccccc5O[C@H](CC)C4)c3)c2)c1[C@@H]1C[C@H]1c1cn(C)nn1. The van der Waals surface area contributed by atoms with Gasteiger partial charge in [-0.3, -0.25) is 9.48 Å². The zero-order valence-corrected chi connectivity index (χ0v) is 26.2. The maximum Gasteiger partial charge on any atom is 0.341 e. The molecule has 1 fully saturated rings. The molecule has 3 aromatic carbocycles. The fourth-order valence-electron chi connectivity index (χ4n) is 6.33. The highest BCUT2D eigenvalue weighted by molar-refractivity contribution is 5.95. The Morgan fingerprint density at radius 1 is 0.978 bits per heavy atom. The highest BCUT2D eigenvalue weighted by atomic mass is 16.5. The molecule has 0 N–H and O–H groups in total. The van der Waals surface area contributed by atoms with Crippen molar-refractivity contribution in [2.75, 3.05) is 13.2 Å². The molecule has 10 heteroatoms. The fraction of sp³-hybridized carbons (Fsp3) is 0.306. The molecule has 3 heterocycles. The van der Waals surface area contributed by atoms with E-state index < -0.39 is 0 Å². The number of carbonyl (C=O) groups excluding carboxylic acids is 2. The van der Waals surface area contributed by atoms with Crippen LogP contribution in [0.25, 0.3) is 16.8 Å². The summed E-state index contributed by atoms with van der Waals surface area (Å²) in [4.78, 5) is 28.8. The van der Waals surface area contributed by atoms with Gasteiger partial charge in [-0.2, -0.15) is 5.10 Å². The monoisotopic (exact) mass is 616 g/mol. The van der Waals surface area contributed by atoms with Gasteiger partial charge in [0.1, 0.15) is 17.4 Å². The first-order chi connectivity index (χ1) is 22.4. The summed E-state index contributed by atoms with van der Waals surface area (Å²) in [5.41, 5.74) is 6.45. The summed E-state index contributed by atoms with van der Waals surface area (Å²) >= 11 is 0. The van der Waals surface area contributed by atoms with Gasteiger partial charge in [0.15, 0.2) is 0 Å². The number of fused-ring (bicyclic) bond motifs is 1. The van der Waals surface area contributed by atoms with E-state index in [1.807, 2.05) is 95.6 Å². The quantitative estimate of drug-likeness (QED) is 0.199. The average molecular weight is 617 g/mol. The molecular weight excluding hydrogens is 580 g/mol. The Balaban J connectivity index is 1.19. The number of amides is 1. The molecule has 234 valence electrons. The predicted molar refractivity (Wildman–Crippen MR) is 172 cm³/mol. The summed E-state index contributed by atoms with van der Waals surface area (Å²) in [6.07, 6.45) is 5.09. The molecule has 2 aliphatic rings. The van der Waals surface area contributed by atoms with Crippen molar-refractivity contribution < 1.29 is 19.1 Å². The summed E-state index contributed by atoms with van der Waals surface area (Å²) in [6, 6.07) is 23.7. The van der Waals surface area contributed by atoms with E-state index in [-0.39, 0.29) is 36.4 Å². The van der Waals surface area contributed by atoms with Gasteiger partial charge in [0.25, 0.3) is 5.91 Å². The summed E-state index contributed by atoms with van der Waals surface area (Å²) in [5.74, 6) is 0.620. The molecule has 0 spiro atoms. The third-order valence-electron chi connectivity index (χ3n) is 8.77. The zero-order chi connectivity index (χ0) is 31.8. The van der Waals surface area contributed by atoms with Crippen molar-refractivity contribution in [2.24, 2.45) is 7.05 Å². The Kier molecular flexibility index (Phi) is 7.86. The van der Waals surface area contributed by atoms with Crippen molar-refractivity contribution in [3.63, 3.8) is 0 Å². The molecule has 10 nitrogen and oxygen atoms in total. The molecule has 1 aliphatic heterocycles. The van der Waals surface area contributed by atoms with E-state index in [0.717, 1.165) is 52.4 Å². The normalized spacial score (nSPS) is 18.8. The molecule has 0 radical (unpaired) electrons. The van der Waals surface area contributed by atoms with E-state index in [1.165, 1.54) is 0 Å². The number of rotatable bonds is 8. The lowest BCUT2D eigenvalue weighted by Gasteiger charge is -2.24. The van der Waals surface area contributed by atoms with Crippen LogP contribution in [0.4, 0.5) is 0 Å². The number of esters is 1. The number of carbonyl (C=O) groups is 2. The molecule has 0 bridgehead atoms. The number of aromatic nitrogens is 5. The number of ether oxygens (including phenoxy) is 2. The van der Waals surface area contributed by atoms with Crippen LogP contribution in [0.2, 0.25) is 0 Å². The standard InChI is InChI=1S/C36H36N6O4/c1-4-28-21-41(20-26-10-6-7-15-33(26)46-28)35(43)25-13-8-11-23(16-25)24-12-9-14-27(17-24)42-34(31(19-37-42)36(44)45-5-2)30-18-29(30)32-22-40(3)39-38-32/h6-17,19,22,28-30H,4-5,18,20-21H2,1-3H3/t28-,29-,30-/m1/s1. The molecule has 1 saturated carbocycles. The summed E-state index contributed by atoms with van der Waals surface area (Å²) in [5, 5.41) is 13.1. The van der Waals surface area contributed by atoms with E-state index in [4.69, 9.17) is 9.47 Å². The predicted octanol–water partition coefficient (Wildman–Crippen LogP) is 5.93. The second-order valence-electron chi connectivity index (χ2n) is 11.9. The second-order valence-corrected chi connectivity index (χ2v) is 11.9. The Labute approximate surface area is 267 Å². The van der Waals surface area contributed by atoms with Crippen LogP contribution in [0, 0.1) is 0 Å². The molecule has 46 heavy (non-hydrogen) atoms. The number of hydrogen-bond donors (Lipinski definition) is 0. The zero-order valence-electron chi connectivity index (χ0n) is 26.2. The first-order valence-electron chi connectivity index (χ1n) is 15.8. The number of nitrogens with zero attached hydrogens (tertiary/aromatic N) is 6. The molecule has 3 atom stereocenters. The highest BCUT2D eigenvalue weighted by Crippen LogP contribution is 2.55. The summed E-state index contributed by atoms with van der Waals surface area (Å²) < 4.78 is 15.1. The van der Waals surface area contributed by atoms with Gasteiger partial charge in [0.2, 0.25) is 0 Å². The number of hydrogen-bond acceptors (Lipinski definition) is 7. The van der Waals surface area contributed by atoms with Crippen molar-refractivity contribution in [3.8, 4) is 22.6 Å². The van der Waals surface area contributed by atoms with Crippen LogP contribution in [0.1, 0.15) is 76.2 Å². The molecular formula is C36H36N6O4. The number of para-hydroxylation sites is 1. The highest BCUT2D eigenvalue weighted by Gasteiger charge is 2.46. The number of benzene rings is 3. The van der Waals surface area contributed by atoms with Crippen LogP contribution >= 0.6 is 0 Å². The van der Waals surface area contributed by atoms with Crippen LogP contribution < -0.4 is 4.74 Å². The molecule has 0 unspecified atom stereocenters. The number of aryl methyl sites for hydroxylation is 1. The lowest BCUT2D eigenvalue weighted by molar-refractivity contribution is 0.0524. The van der Waals surface area contributed by atoms with Gasteiger partial charge in [-0.25, -0.2) is 9.48 Å². The Morgan fingerprint density at radius 2 is 1.78 bits per heavy atom. The lowest BCUT2D eigenvalue weighted by Crippen LogP contribution is -2.37. The van der Waals surface area contributed by atoms with Crippen LogP contribution in [-0.2, 0) is 18.3 Å². The van der Waals surface area contributed by atoms with E-state index >= 15 is 0 Å². The summed E-state index contributed by atoms with van der Waals surface area (Å²) in [7, 11) is 1.85. The van der Waals surface area contributed by atoms with E-state index in [1.54, 1.807) is 17.8 Å². The second kappa shape index (κ2) is 12.3. The molecule has 5 aromatic rings. The lowest BCUT2D eigenvalue weighted by atomic mass is 10.0. The minimum absolute atomic E-state index is 0.0333. The minimum Gasteiger partial charge on any atom is -0.488 e. The van der Waals surface area contributed by atoms with Crippen LogP contribution in [-0.4, -0.2) is 60.8 Å². The van der Waals surface area contributed by atoms with Crippen molar-refractivity contribution in [2.45, 2.75) is 51.2 Å². The first kappa shape index (κ1) is 29.5. The van der Waals surface area contributed by atoms with Gasteiger partial charge in [0, 0.05) is 42.8 Å². The minimum atomic E-state index is -0.386. The van der Waals surface area contributed by atoms with Crippen LogP contribution in [0.15, 0.2) is 85.2 Å². The largest absolute Gasteiger partial charge is 0.488 e. The van der Waals surface area contributed by atoms with Gasteiger partial charge in [0.05, 0.1) is 36.4 Å². The molecule has 1 aliphatic carbocycles. The van der Waals surface area contributed by atoms with E-state index in [2.05, 4.69) is 22.3 Å². The molecule has 2 aromatic heterocycles. The topological polar surface area (TPSA) is 104 Å². The maximum atomic E-state index is 13.9. The Morgan fingerprint density at radius 3 is 2.57 bits per heavy atom. The maximum absolute atomic E-state index is 13.9. The third kappa shape index (κ3) is 5.66. The van der Waals surface area contributed by atoms with E-state index in [9.17, 15) is 9.59 Å². The Hall–Kier alpha value is -5.25. The molecule has 1 amide bonds.